The van der Waals surface area contributed by atoms with Crippen LogP contribution in [0.3, 0.4) is 0 Å². The summed E-state index contributed by atoms with van der Waals surface area (Å²) in [5.74, 6) is 0. The maximum atomic E-state index is 11.3. The van der Waals surface area contributed by atoms with Gasteiger partial charge in [-0.3, -0.25) is 4.18 Å². The molecule has 0 spiro atoms. The zero-order valence-corrected chi connectivity index (χ0v) is 9.67. The van der Waals surface area contributed by atoms with Gasteiger partial charge < -0.3 is 9.66 Å². The summed E-state index contributed by atoms with van der Waals surface area (Å²) in [5.41, 5.74) is 0. The molecule has 90 valence electrons. The van der Waals surface area contributed by atoms with E-state index in [0.717, 1.165) is 0 Å². The van der Waals surface area contributed by atoms with Crippen LogP contribution in [0.5, 0.6) is 0 Å². The Balaban J connectivity index is 2.62. The number of rotatable bonds is 5. The van der Waals surface area contributed by atoms with Gasteiger partial charge in [-0.1, -0.05) is 0 Å². The smallest absolute Gasteiger partial charge is 0.270 e. The van der Waals surface area contributed by atoms with Gasteiger partial charge in [-0.05, 0) is 19.3 Å². The highest BCUT2D eigenvalue weighted by atomic mass is 32.2. The van der Waals surface area contributed by atoms with Crippen molar-refractivity contribution in [3.05, 3.63) is 0 Å². The molecule has 0 aromatic carbocycles. The summed E-state index contributed by atoms with van der Waals surface area (Å²) in [7, 11) is -3.56. The fraction of sp³-hybridized carbons (Fsp3) is 1.00. The van der Waals surface area contributed by atoms with E-state index in [4.69, 9.17) is 9.66 Å². The largest absolute Gasteiger partial charge is 0.396 e. The topological polar surface area (TPSA) is 101 Å². The van der Waals surface area contributed by atoms with Crippen LogP contribution < -0.4 is 0 Å². The summed E-state index contributed by atoms with van der Waals surface area (Å²) < 4.78 is 46.8. The first-order chi connectivity index (χ1) is 6.97. The van der Waals surface area contributed by atoms with Crippen molar-refractivity contribution in [2.24, 2.45) is 0 Å². The molecule has 0 aromatic rings. The summed E-state index contributed by atoms with van der Waals surface area (Å²) in [4.78, 5) is 0. The Kier molecular flexibility index (Phi) is 4.65. The second-order valence-electron chi connectivity index (χ2n) is 3.37. The molecule has 0 aliphatic carbocycles. The van der Waals surface area contributed by atoms with Crippen molar-refractivity contribution in [2.45, 2.75) is 29.8 Å². The minimum Gasteiger partial charge on any atom is -0.396 e. The second kappa shape index (κ2) is 5.35. The lowest BCUT2D eigenvalue weighted by atomic mass is 10.1. The van der Waals surface area contributed by atoms with E-state index in [1.807, 2.05) is 0 Å². The van der Waals surface area contributed by atoms with Crippen molar-refractivity contribution in [2.75, 3.05) is 13.2 Å². The molecule has 15 heavy (non-hydrogen) atoms. The van der Waals surface area contributed by atoms with Crippen LogP contribution in [0.15, 0.2) is 0 Å². The van der Waals surface area contributed by atoms with E-state index in [9.17, 15) is 12.6 Å². The van der Waals surface area contributed by atoms with Crippen LogP contribution in [0.2, 0.25) is 0 Å². The van der Waals surface area contributed by atoms with E-state index >= 15 is 0 Å². The summed E-state index contributed by atoms with van der Waals surface area (Å²) >= 11 is -2.11. The Morgan fingerprint density at radius 3 is 2.60 bits per heavy atom. The molecule has 0 saturated carbocycles. The first kappa shape index (κ1) is 13.0. The third-order valence-corrected chi connectivity index (χ3v) is 5.10. The van der Waals surface area contributed by atoms with Crippen molar-refractivity contribution >= 4 is 21.2 Å². The molecule has 1 aliphatic rings. The second-order valence-corrected chi connectivity index (χ2v) is 6.48. The lowest BCUT2D eigenvalue weighted by Crippen LogP contribution is -2.26. The number of hydrogen-bond acceptors (Lipinski definition) is 5. The van der Waals surface area contributed by atoms with Crippen molar-refractivity contribution in [1.82, 2.24) is 0 Å². The van der Waals surface area contributed by atoms with E-state index in [1.54, 1.807) is 0 Å². The van der Waals surface area contributed by atoms with Gasteiger partial charge in [0.15, 0.2) is 11.1 Å². The van der Waals surface area contributed by atoms with Gasteiger partial charge >= 0.3 is 0 Å². The molecule has 2 N–H and O–H groups in total. The fourth-order valence-corrected chi connectivity index (χ4v) is 3.71. The third-order valence-electron chi connectivity index (χ3n) is 2.36. The normalized spacial score (nSPS) is 28.8. The number of hydrogen-bond donors (Lipinski definition) is 2. The molecular weight excluding hydrogens is 244 g/mol. The fourth-order valence-electron chi connectivity index (χ4n) is 1.51. The number of aliphatic hydroxyl groups excluding tert-OH is 1. The predicted octanol–water partition coefficient (Wildman–Crippen LogP) is -0.532. The summed E-state index contributed by atoms with van der Waals surface area (Å²) in [6, 6.07) is 0. The van der Waals surface area contributed by atoms with Gasteiger partial charge in [-0.25, -0.2) is 4.21 Å². The van der Waals surface area contributed by atoms with Gasteiger partial charge in [0.2, 0.25) is 0 Å². The van der Waals surface area contributed by atoms with Gasteiger partial charge in [0.05, 0.1) is 17.1 Å². The highest BCUT2D eigenvalue weighted by Crippen LogP contribution is 2.24. The summed E-state index contributed by atoms with van der Waals surface area (Å²) in [6.45, 7) is -0.0957. The first-order valence-electron chi connectivity index (χ1n) is 4.56. The van der Waals surface area contributed by atoms with Crippen LogP contribution in [0.25, 0.3) is 0 Å². The molecule has 1 saturated heterocycles. The van der Waals surface area contributed by atoms with Crippen LogP contribution in [0.4, 0.5) is 0 Å². The van der Waals surface area contributed by atoms with E-state index in [1.165, 1.54) is 0 Å². The maximum absolute atomic E-state index is 11.3. The molecule has 1 fully saturated rings. The first-order valence-corrected chi connectivity index (χ1v) is 7.20. The molecule has 3 unspecified atom stereocenters. The van der Waals surface area contributed by atoms with Crippen molar-refractivity contribution in [1.29, 1.82) is 0 Å². The average Bonchev–Trinajstić information content (AvgIpc) is 2.45. The monoisotopic (exact) mass is 258 g/mol. The van der Waals surface area contributed by atoms with Crippen LogP contribution in [-0.4, -0.2) is 46.0 Å². The lowest BCUT2D eigenvalue weighted by Gasteiger charge is -2.14. The summed E-state index contributed by atoms with van der Waals surface area (Å²) in [6.07, 6.45) is 0.530. The SMILES string of the molecule is O=S(O)C(CCO)CC1CCOS1(=O)=O. The Labute approximate surface area is 91.0 Å². The van der Waals surface area contributed by atoms with Crippen LogP contribution in [-0.2, 0) is 25.4 Å². The molecular formula is C7H14O6S2. The molecule has 1 heterocycles. The average molecular weight is 258 g/mol. The minimum atomic E-state index is -3.56. The Hall–Kier alpha value is -0.0200. The standard InChI is InChI=1S/C7H14O6S2/c8-3-1-6(14(9)10)5-7-2-4-13-15(7,11)12/h6-8H,1-5H2,(H,9,10). The van der Waals surface area contributed by atoms with Gasteiger partial charge in [0.1, 0.15) is 0 Å². The van der Waals surface area contributed by atoms with Crippen molar-refractivity contribution in [3.63, 3.8) is 0 Å². The quantitative estimate of drug-likeness (QED) is 0.508. The van der Waals surface area contributed by atoms with Crippen LogP contribution >= 0.6 is 0 Å². The minimum absolute atomic E-state index is 0.0615. The highest BCUT2D eigenvalue weighted by molar-refractivity contribution is 7.87. The molecule has 8 heteroatoms. The molecule has 1 aliphatic heterocycles. The van der Waals surface area contributed by atoms with Gasteiger partial charge in [-0.15, -0.1) is 0 Å². The zero-order valence-electron chi connectivity index (χ0n) is 8.03. The molecule has 0 radical (unpaired) electrons. The van der Waals surface area contributed by atoms with Gasteiger partial charge in [0.25, 0.3) is 10.1 Å². The Morgan fingerprint density at radius 2 is 2.20 bits per heavy atom. The molecule has 3 atom stereocenters. The molecule has 6 nitrogen and oxygen atoms in total. The Bertz CT molecular complexity index is 324. The predicted molar refractivity (Wildman–Crippen MR) is 54.2 cm³/mol. The highest BCUT2D eigenvalue weighted by Gasteiger charge is 2.35. The van der Waals surface area contributed by atoms with Gasteiger partial charge in [0, 0.05) is 6.61 Å². The van der Waals surface area contributed by atoms with Crippen molar-refractivity contribution in [3.8, 4) is 0 Å². The van der Waals surface area contributed by atoms with E-state index in [2.05, 4.69) is 4.18 Å². The maximum Gasteiger partial charge on any atom is 0.270 e. The van der Waals surface area contributed by atoms with Crippen LogP contribution in [0.1, 0.15) is 19.3 Å². The number of aliphatic hydroxyl groups is 1. The third kappa shape index (κ3) is 3.49. The van der Waals surface area contributed by atoms with Crippen LogP contribution in [0, 0.1) is 0 Å². The Morgan fingerprint density at radius 1 is 1.53 bits per heavy atom. The van der Waals surface area contributed by atoms with E-state index in [-0.39, 0.29) is 26.1 Å². The summed E-state index contributed by atoms with van der Waals surface area (Å²) in [5, 5.41) is 7.23. The van der Waals surface area contributed by atoms with Crippen molar-refractivity contribution < 1.29 is 26.5 Å². The lowest BCUT2D eigenvalue weighted by molar-refractivity contribution is 0.282. The molecule has 0 aromatic heterocycles. The van der Waals surface area contributed by atoms with Gasteiger partial charge in [-0.2, -0.15) is 8.42 Å². The zero-order chi connectivity index (χ0) is 11.5. The molecule has 0 bridgehead atoms. The van der Waals surface area contributed by atoms with E-state index < -0.39 is 31.7 Å². The molecule has 0 amide bonds. The molecule has 1 rings (SSSR count). The van der Waals surface area contributed by atoms with E-state index in [0.29, 0.717) is 6.42 Å².